The summed E-state index contributed by atoms with van der Waals surface area (Å²) in [4.78, 5) is 56.8. The summed E-state index contributed by atoms with van der Waals surface area (Å²) in [5, 5.41) is 250. The molecule has 0 aliphatic carbocycles. The number of hydrogen-bond donors (Lipinski definition) is 25. The number of ether oxygens (including phenoxy) is 16. The van der Waals surface area contributed by atoms with Gasteiger partial charge in [0.15, 0.2) is 44.0 Å². The van der Waals surface area contributed by atoms with Crippen molar-refractivity contribution in [1.82, 2.24) is 20.7 Å². The number of aliphatic hydroxyl groups excluding tert-OH is 21. The van der Waals surface area contributed by atoms with E-state index in [0.29, 0.717) is 35.5 Å². The molecule has 46 nitrogen and oxygen atoms in total. The molecule has 1 aromatic rings. The zero-order chi connectivity index (χ0) is 92.2. The van der Waals surface area contributed by atoms with E-state index in [-0.39, 0.29) is 43.0 Å². The third-order valence-electron chi connectivity index (χ3n) is 25.0. The summed E-state index contributed by atoms with van der Waals surface area (Å²) in [6, 6.07) is -1.13. The zero-order valence-corrected chi connectivity index (χ0v) is 73.7. The number of esters is 1. The van der Waals surface area contributed by atoms with Crippen molar-refractivity contribution in [2.75, 3.05) is 76.3 Å². The minimum Gasteiger partial charge on any atom is -0.458 e. The van der Waals surface area contributed by atoms with Gasteiger partial charge in [-0.1, -0.05) is 34.1 Å². The van der Waals surface area contributed by atoms with Gasteiger partial charge in [-0.3, -0.25) is 18.9 Å². The molecule has 1 amide bonds. The Hall–Kier alpha value is -2.65. The average molecular weight is 1890 g/mol. The maximum absolute atomic E-state index is 13.9. The third-order valence-corrected chi connectivity index (χ3v) is 29.2. The van der Waals surface area contributed by atoms with E-state index >= 15 is 0 Å². The van der Waals surface area contributed by atoms with E-state index in [1.165, 1.54) is 20.9 Å². The number of epoxide rings is 1. The number of aromatic nitrogens is 1. The number of rotatable bonds is 21. The van der Waals surface area contributed by atoms with Gasteiger partial charge in [-0.15, -0.1) is 11.3 Å². The number of carbonyl (C=O) groups excluding carboxylic acids is 3. The lowest BCUT2D eigenvalue weighted by Crippen LogP contribution is -2.68. The minimum absolute atomic E-state index is 0.0990. The summed E-state index contributed by atoms with van der Waals surface area (Å²) >= 11 is 3.17. The molecule has 24 rings (SSSR count). The highest BCUT2D eigenvalue weighted by molar-refractivity contribution is 7.99. The van der Waals surface area contributed by atoms with Gasteiger partial charge in [-0.2, -0.15) is 23.5 Å². The van der Waals surface area contributed by atoms with Crippen LogP contribution in [0, 0.1) is 17.3 Å². The standard InChI is InChI=1S/C76H125N4O42PS3/c1-27-10-9-11-76(6)41(122-76)15-32(107-43(87)16-40(86)75(4,5)66(103)29(3)44(27)88)28(2)14-30-23-126-42(80-30)17-79-123(105,106)13-12-78-67(104)31(77-7)24-125-26-39-65-51(95)58(102)74(114-39)119-63-37(22-85)110-70(54(98)47(63)91)115-59-33(18-81)108-68(52(96)45(59)89)116-60-34(19-82)111-71(55(99)48(60)92)120-64-38(25-124-8)113-73(57(101)50(64)94)118-62-36(21-84)109-69(53(97)46(62)90)117-61-35(20-83)112-72(121-65)56(100)49(61)93/h14,23,27,29,31-41,44-65,68-74,77,81-86,88-102H,9-13,15-22,24-26H2,1-8H3,(H,78,104)(H2,79,105,106)/b28-14+/t27-,29+,31+,32-,33?,34?,35?,36?,37?,38?,39?,40-,41?,44-,45+,46+,47+,48+,49+,50+,51+,52?,53?,54?,55?,56?,57?,58?,59+,60+,61-,62+,63-,64+,65-,68+,69-,70+,71+,72-,73+,74-,76+/m0/s1. The van der Waals surface area contributed by atoms with Crippen molar-refractivity contribution < 1.29 is 207 Å². The van der Waals surface area contributed by atoms with Crippen molar-refractivity contribution >= 4 is 66.1 Å². The number of nitrogens with zero attached hydrogens (tertiary/aromatic N) is 1. The van der Waals surface area contributed by atoms with E-state index in [1.54, 1.807) is 31.6 Å². The lowest BCUT2D eigenvalue weighted by atomic mass is 9.73. The number of likely N-dealkylation sites (N-methyl/N-ethyl adjacent to an activating group) is 1. The first-order chi connectivity index (χ1) is 59.6. The van der Waals surface area contributed by atoms with E-state index in [4.69, 9.17) is 75.8 Å². The molecule has 25 N–H and O–H groups in total. The largest absolute Gasteiger partial charge is 0.458 e. The van der Waals surface area contributed by atoms with Crippen LogP contribution in [0.2, 0.25) is 0 Å². The Morgan fingerprint density at radius 2 is 0.937 bits per heavy atom. The fourth-order valence-corrected chi connectivity index (χ4v) is 20.5. The summed E-state index contributed by atoms with van der Waals surface area (Å²) in [5.41, 5.74) is -0.961. The predicted octanol–water partition coefficient (Wildman–Crippen LogP) is -9.96. The van der Waals surface area contributed by atoms with Crippen molar-refractivity contribution in [2.45, 2.75) is 331 Å². The molecule has 1 aromatic heterocycles. The highest BCUT2D eigenvalue weighted by Crippen LogP contribution is 2.47. The lowest BCUT2D eigenvalue weighted by Gasteiger charge is -2.50. The topological polar surface area (TPSA) is 713 Å². The van der Waals surface area contributed by atoms with Crippen LogP contribution in [0.15, 0.2) is 11.0 Å². The molecule has 724 valence electrons. The smallest absolute Gasteiger partial charge is 0.309 e. The summed E-state index contributed by atoms with van der Waals surface area (Å²) < 4.78 is 109. The number of cyclic esters (lactones) is 1. The molecule has 14 bridgehead atoms. The Balaban J connectivity index is 0.773. The van der Waals surface area contributed by atoms with Crippen molar-refractivity contribution in [1.29, 1.82) is 0 Å². The molecular weight excluding hydrogens is 1770 g/mol. The Morgan fingerprint density at radius 3 is 1.31 bits per heavy atom. The van der Waals surface area contributed by atoms with Gasteiger partial charge in [0.25, 0.3) is 7.52 Å². The molecule has 23 saturated heterocycles. The zero-order valence-electron chi connectivity index (χ0n) is 70.3. The Labute approximate surface area is 736 Å². The lowest BCUT2D eigenvalue weighted by molar-refractivity contribution is -0.395. The molecule has 0 aromatic carbocycles. The van der Waals surface area contributed by atoms with Crippen molar-refractivity contribution in [3.8, 4) is 0 Å². The van der Waals surface area contributed by atoms with Crippen LogP contribution in [0.1, 0.15) is 84.3 Å². The first kappa shape index (κ1) is 104. The number of thioether (sulfide) groups is 2. The number of fused-ring (bicyclic) bond motifs is 1. The van der Waals surface area contributed by atoms with Crippen LogP contribution in [0.3, 0.4) is 0 Å². The summed E-state index contributed by atoms with van der Waals surface area (Å²) in [7, 11) is -2.83. The molecule has 126 heavy (non-hydrogen) atoms. The Kier molecular flexibility index (Phi) is 37.0. The molecule has 44 atom stereocenters. The Morgan fingerprint density at radius 1 is 0.563 bits per heavy atom. The third kappa shape index (κ3) is 23.7. The molecule has 50 heteroatoms. The number of Topliss-reactive ketones (excluding diaryl/α,β-unsaturated/α-hetero) is 1. The summed E-state index contributed by atoms with van der Waals surface area (Å²) in [6.45, 7) is 4.29. The molecule has 23 aliphatic heterocycles. The van der Waals surface area contributed by atoms with Gasteiger partial charge in [0.05, 0.1) is 105 Å². The van der Waals surface area contributed by atoms with E-state index in [0.717, 1.165) is 34.9 Å². The monoisotopic (exact) mass is 1890 g/mol. The first-order valence-corrected chi connectivity index (χ1v) is 47.1. The van der Waals surface area contributed by atoms with Crippen molar-refractivity contribution in [3.05, 3.63) is 21.7 Å². The molecule has 24 heterocycles. The number of nitrogens with one attached hydrogen (secondary N) is 3. The second-order valence-corrected chi connectivity index (χ2v) is 39.4. The second-order valence-electron chi connectivity index (χ2n) is 34.3. The maximum atomic E-state index is 13.9. The normalized spacial score (nSPS) is 46.4. The van der Waals surface area contributed by atoms with Gasteiger partial charge in [-0.05, 0) is 57.6 Å². The van der Waals surface area contributed by atoms with Gasteiger partial charge in [-0.25, -0.2) is 10.1 Å². The van der Waals surface area contributed by atoms with Gasteiger partial charge >= 0.3 is 5.97 Å². The molecule has 0 spiro atoms. The molecule has 0 saturated carbocycles. The number of thiazole rings is 1. The van der Waals surface area contributed by atoms with Gasteiger partial charge in [0, 0.05) is 41.5 Å². The Bertz CT molecular complexity index is 3720. The summed E-state index contributed by atoms with van der Waals surface area (Å²) in [6.07, 6.45) is -69.7. The molecule has 0 radical (unpaired) electrons. The quantitative estimate of drug-likeness (QED) is 0.0309. The van der Waals surface area contributed by atoms with Crippen LogP contribution in [0.25, 0.3) is 6.08 Å². The van der Waals surface area contributed by atoms with Crippen LogP contribution in [-0.4, -0.2) is 462 Å². The van der Waals surface area contributed by atoms with Crippen LogP contribution in [0.4, 0.5) is 0 Å². The SMILES string of the molecule is CN[C@H](CSCC1O[C@H]2O[C@H]3C(CO)O[C@H](O[C@@H]4C(CO)O[C@H](O[C@@H]5C(CO)O[C@H](O[C@@H]6C(CSC)O[C@H](O[C@@H]7C(CO)O[C@@H](O[C@H]8C(CO)O[C@@H](O[C@@H]1[C@H](O)C2O)C(O)[C@H]8O)C(O)[C@H]7O)C(O)[C@H]6O)C(O)[C@H]5O)C(O)[C@H]4O)C(O)[C@H]3O)C(=O)NCCP(=O)(O)NCc1nc(/C=C(\C)[C@@H]2CC3O[C@]3(C)CCC[C@H](C)[C@H](O)[C@@H](C)C(=O)C(C)(C)[C@@H](O)CC(=O)O2)cs1. The fraction of sp³-hybridized carbons (Fsp3) is 0.895. The molecule has 23 aliphatic rings. The molecule has 23 fully saturated rings. The van der Waals surface area contributed by atoms with Crippen LogP contribution < -0.4 is 15.7 Å². The van der Waals surface area contributed by atoms with Crippen LogP contribution in [-0.2, 0) is 101 Å². The fourth-order valence-electron chi connectivity index (χ4n) is 17.0. The van der Waals surface area contributed by atoms with E-state index in [2.05, 4.69) is 20.7 Å². The molecular formula is C76H125N4O42PS3. The first-order valence-electron chi connectivity index (χ1n) is 41.8. The number of aliphatic hydroxyl groups is 21. The second kappa shape index (κ2) is 44.9. The van der Waals surface area contributed by atoms with Gasteiger partial charge < -0.3 is 199 Å². The number of ketones is 1. The van der Waals surface area contributed by atoms with Crippen LogP contribution in [0.5, 0.6) is 0 Å². The minimum atomic E-state index is -4.24. The predicted molar refractivity (Wildman–Crippen MR) is 428 cm³/mol. The highest BCUT2D eigenvalue weighted by Gasteiger charge is 2.61. The molecule has 16 unspecified atom stereocenters. The van der Waals surface area contributed by atoms with E-state index < -0.39 is 333 Å². The average Bonchev–Trinajstić information content (AvgIpc) is 1.45. The van der Waals surface area contributed by atoms with Crippen LogP contribution >= 0.6 is 42.4 Å². The van der Waals surface area contributed by atoms with Crippen molar-refractivity contribution in [2.24, 2.45) is 17.3 Å². The van der Waals surface area contributed by atoms with E-state index in [9.17, 15) is 131 Å². The number of carbonyl (C=O) groups is 3. The highest BCUT2D eigenvalue weighted by atomic mass is 32.2. The number of amides is 1. The van der Waals surface area contributed by atoms with Gasteiger partial charge in [0.2, 0.25) is 5.91 Å². The van der Waals surface area contributed by atoms with E-state index in [1.807, 2.05) is 13.8 Å². The van der Waals surface area contributed by atoms with Gasteiger partial charge in [0.1, 0.15) is 176 Å². The number of hydrogen-bond acceptors (Lipinski definition) is 46. The summed E-state index contributed by atoms with van der Waals surface area (Å²) in [5.74, 6) is -3.61. The van der Waals surface area contributed by atoms with Crippen molar-refractivity contribution in [3.63, 3.8) is 0 Å². The maximum Gasteiger partial charge on any atom is 0.309 e.